The Balaban J connectivity index is 1.54. The van der Waals surface area contributed by atoms with Gasteiger partial charge in [0.25, 0.3) is 11.6 Å². The number of hydrogen-bond acceptors (Lipinski definition) is 7. The van der Waals surface area contributed by atoms with Crippen molar-refractivity contribution in [2.75, 3.05) is 12.4 Å². The van der Waals surface area contributed by atoms with Gasteiger partial charge >= 0.3 is 12.1 Å². The molecule has 0 bridgehead atoms. The normalized spacial score (nSPS) is 14.1. The zero-order valence-electron chi connectivity index (χ0n) is 19.0. The Morgan fingerprint density at radius 2 is 1.88 bits per heavy atom. The molecule has 0 radical (unpaired) electrons. The van der Waals surface area contributed by atoms with Crippen LogP contribution in [-0.2, 0) is 35.0 Å². The third-order valence-electron chi connectivity index (χ3n) is 5.97. The smallest absolute Gasteiger partial charge is 0.453 e. The van der Waals surface area contributed by atoms with Crippen molar-refractivity contribution in [2.45, 2.75) is 65.0 Å². The van der Waals surface area contributed by atoms with Crippen LogP contribution in [0.1, 0.15) is 69.3 Å². The Bertz CT molecular complexity index is 1270. The molecule has 0 unspecified atom stereocenters. The van der Waals surface area contributed by atoms with Crippen molar-refractivity contribution in [3.63, 3.8) is 0 Å². The summed E-state index contributed by atoms with van der Waals surface area (Å²) in [5, 5.41) is 6.86. The first kappa shape index (κ1) is 24.1. The summed E-state index contributed by atoms with van der Waals surface area (Å²) >= 11 is 1.41. The van der Waals surface area contributed by atoms with E-state index in [0.717, 1.165) is 47.1 Å². The van der Waals surface area contributed by atoms with Gasteiger partial charge in [0.2, 0.25) is 5.91 Å². The number of amides is 1. The third-order valence-corrected chi connectivity index (χ3v) is 7.18. The van der Waals surface area contributed by atoms with Crippen LogP contribution >= 0.6 is 11.3 Å². The van der Waals surface area contributed by atoms with Gasteiger partial charge in [0.05, 0.1) is 12.7 Å². The van der Waals surface area contributed by atoms with E-state index in [2.05, 4.69) is 20.4 Å². The van der Waals surface area contributed by atoms with E-state index in [0.29, 0.717) is 27.5 Å². The van der Waals surface area contributed by atoms with Crippen LogP contribution in [-0.4, -0.2) is 38.6 Å². The molecule has 0 fully saturated rings. The number of thiophene rings is 1. The minimum Gasteiger partial charge on any atom is -0.465 e. The Morgan fingerprint density at radius 1 is 1.15 bits per heavy atom. The van der Waals surface area contributed by atoms with E-state index in [4.69, 9.17) is 4.74 Å². The van der Waals surface area contributed by atoms with Crippen LogP contribution in [0.4, 0.5) is 18.2 Å². The van der Waals surface area contributed by atoms with Gasteiger partial charge in [-0.25, -0.2) is 14.3 Å². The van der Waals surface area contributed by atoms with E-state index in [1.165, 1.54) is 18.4 Å². The summed E-state index contributed by atoms with van der Waals surface area (Å²) in [5.74, 6) is -2.18. The minimum absolute atomic E-state index is 0.0544. The Kier molecular flexibility index (Phi) is 6.61. The number of alkyl halides is 3. The maximum absolute atomic E-state index is 13.0. The third kappa shape index (κ3) is 4.63. The number of ether oxygens (including phenoxy) is 1. The lowest BCUT2D eigenvalue weighted by Gasteiger charge is -2.11. The van der Waals surface area contributed by atoms with Gasteiger partial charge in [-0.2, -0.15) is 18.2 Å². The lowest BCUT2D eigenvalue weighted by atomic mass is 10.1. The van der Waals surface area contributed by atoms with Gasteiger partial charge in [0.1, 0.15) is 5.00 Å². The van der Waals surface area contributed by atoms with Crippen molar-refractivity contribution in [3.05, 3.63) is 38.8 Å². The predicted octanol–water partition coefficient (Wildman–Crippen LogP) is 4.45. The summed E-state index contributed by atoms with van der Waals surface area (Å²) in [6.07, 6.45) is 0.365. The number of halogens is 3. The summed E-state index contributed by atoms with van der Waals surface area (Å²) in [6, 6.07) is 0. The molecule has 34 heavy (non-hydrogen) atoms. The number of carbonyl (C=O) groups excluding carboxylic acids is 2. The second kappa shape index (κ2) is 9.32. The van der Waals surface area contributed by atoms with Crippen LogP contribution in [0.15, 0.2) is 0 Å². The number of esters is 1. The van der Waals surface area contributed by atoms with Crippen molar-refractivity contribution < 1.29 is 27.5 Å². The molecule has 1 aliphatic rings. The first-order chi connectivity index (χ1) is 16.1. The number of carbonyl (C=O) groups is 2. The summed E-state index contributed by atoms with van der Waals surface area (Å²) in [5.41, 5.74) is 2.93. The van der Waals surface area contributed by atoms with Crippen LogP contribution in [0.5, 0.6) is 0 Å². The van der Waals surface area contributed by atoms with Gasteiger partial charge in [0.15, 0.2) is 0 Å². The first-order valence-electron chi connectivity index (χ1n) is 10.9. The van der Waals surface area contributed by atoms with Gasteiger partial charge < -0.3 is 10.1 Å². The molecule has 0 aromatic carbocycles. The number of methoxy groups -OCH3 is 1. The van der Waals surface area contributed by atoms with Crippen molar-refractivity contribution >= 4 is 34.0 Å². The number of nitrogens with zero attached hydrogens (tertiary/aromatic N) is 4. The molecule has 1 N–H and O–H groups in total. The van der Waals surface area contributed by atoms with Crippen LogP contribution < -0.4 is 5.32 Å². The Morgan fingerprint density at radius 3 is 2.59 bits per heavy atom. The second-order valence-electron chi connectivity index (χ2n) is 8.21. The van der Waals surface area contributed by atoms with Crippen molar-refractivity contribution in [1.29, 1.82) is 0 Å². The fourth-order valence-electron chi connectivity index (χ4n) is 4.27. The summed E-state index contributed by atoms with van der Waals surface area (Å²) in [4.78, 5) is 33.9. The van der Waals surface area contributed by atoms with E-state index >= 15 is 0 Å². The predicted molar refractivity (Wildman–Crippen MR) is 119 cm³/mol. The number of anilines is 1. The van der Waals surface area contributed by atoms with E-state index in [-0.39, 0.29) is 24.5 Å². The largest absolute Gasteiger partial charge is 0.465 e. The highest BCUT2D eigenvalue weighted by molar-refractivity contribution is 7.17. The molecular formula is C22H24F3N5O3S. The molecule has 0 spiro atoms. The molecule has 0 aliphatic heterocycles. The van der Waals surface area contributed by atoms with Crippen LogP contribution in [0, 0.1) is 13.8 Å². The molecule has 182 valence electrons. The topological polar surface area (TPSA) is 98.5 Å². The number of hydrogen-bond donors (Lipinski definition) is 1. The Hall–Kier alpha value is -3.02. The molecule has 0 saturated carbocycles. The molecule has 3 aromatic heterocycles. The zero-order chi connectivity index (χ0) is 24.6. The van der Waals surface area contributed by atoms with Gasteiger partial charge in [0, 0.05) is 22.7 Å². The van der Waals surface area contributed by atoms with Gasteiger partial charge in [-0.3, -0.25) is 4.79 Å². The fraction of sp³-hybridized carbons (Fsp3) is 0.500. The number of aryl methyl sites for hydroxylation is 3. The monoisotopic (exact) mass is 495 g/mol. The highest BCUT2D eigenvalue weighted by Gasteiger charge is 2.37. The highest BCUT2D eigenvalue weighted by Crippen LogP contribution is 2.38. The van der Waals surface area contributed by atoms with E-state index < -0.39 is 18.0 Å². The molecule has 12 heteroatoms. The van der Waals surface area contributed by atoms with Crippen molar-refractivity contribution in [2.24, 2.45) is 0 Å². The standard InChI is InChI=1S/C22H24F3N5O3S/c1-11-13(12(2)30-21(26-11)28-20(29-30)22(23,24)25)9-10-16(31)27-18-17(19(32)33-3)14-7-5-4-6-8-15(14)34-18/h4-10H2,1-3H3,(H,27,31). The first-order valence-corrected chi connectivity index (χ1v) is 11.7. The van der Waals surface area contributed by atoms with Crippen LogP contribution in [0.2, 0.25) is 0 Å². The van der Waals surface area contributed by atoms with Gasteiger partial charge in [-0.1, -0.05) is 6.42 Å². The van der Waals surface area contributed by atoms with Gasteiger partial charge in [-0.05, 0) is 57.1 Å². The number of aromatic nitrogens is 4. The molecule has 1 aliphatic carbocycles. The molecule has 0 atom stereocenters. The SMILES string of the molecule is COC(=O)c1c(NC(=O)CCc2c(C)nc3nc(C(F)(F)F)nn3c2C)sc2c1CCCCC2. The maximum Gasteiger partial charge on any atom is 0.453 e. The zero-order valence-corrected chi connectivity index (χ0v) is 19.8. The molecular weight excluding hydrogens is 471 g/mol. The Labute approximate surface area is 197 Å². The second-order valence-corrected chi connectivity index (χ2v) is 9.32. The molecule has 0 saturated heterocycles. The van der Waals surface area contributed by atoms with Crippen LogP contribution in [0.25, 0.3) is 5.78 Å². The quantitative estimate of drug-likeness (QED) is 0.415. The molecule has 4 rings (SSSR count). The van der Waals surface area contributed by atoms with Crippen molar-refractivity contribution in [1.82, 2.24) is 19.6 Å². The van der Waals surface area contributed by atoms with Crippen molar-refractivity contribution in [3.8, 4) is 0 Å². The molecule has 3 aromatic rings. The van der Waals surface area contributed by atoms with Gasteiger partial charge in [-0.15, -0.1) is 16.4 Å². The average molecular weight is 496 g/mol. The lowest BCUT2D eigenvalue weighted by molar-refractivity contribution is -0.144. The lowest BCUT2D eigenvalue weighted by Crippen LogP contribution is -2.16. The highest BCUT2D eigenvalue weighted by atomic mass is 32.1. The average Bonchev–Trinajstić information content (AvgIpc) is 3.27. The molecule has 1 amide bonds. The maximum atomic E-state index is 13.0. The minimum atomic E-state index is -4.68. The van der Waals surface area contributed by atoms with E-state index in [1.54, 1.807) is 13.8 Å². The summed E-state index contributed by atoms with van der Waals surface area (Å²) in [7, 11) is 1.32. The number of nitrogens with one attached hydrogen (secondary N) is 1. The summed E-state index contributed by atoms with van der Waals surface area (Å²) in [6.45, 7) is 3.28. The molecule has 3 heterocycles. The number of fused-ring (bicyclic) bond motifs is 2. The number of rotatable bonds is 5. The van der Waals surface area contributed by atoms with Crippen LogP contribution in [0.3, 0.4) is 0 Å². The fourth-order valence-corrected chi connectivity index (χ4v) is 5.56. The summed E-state index contributed by atoms with van der Waals surface area (Å²) < 4.78 is 45.0. The van der Waals surface area contributed by atoms with E-state index in [9.17, 15) is 22.8 Å². The molecule has 8 nitrogen and oxygen atoms in total. The van der Waals surface area contributed by atoms with E-state index in [1.807, 2.05) is 0 Å².